The molecule has 1 N–H and O–H groups in total. The Balaban J connectivity index is 1.52. The lowest BCUT2D eigenvalue weighted by molar-refractivity contribution is -0.00721. The van der Waals surface area contributed by atoms with Crippen LogP contribution in [0.15, 0.2) is 18.3 Å². The molecule has 0 radical (unpaired) electrons. The van der Waals surface area contributed by atoms with Crippen LogP contribution in [0, 0.1) is 11.3 Å². The molecule has 138 valence electrons. The van der Waals surface area contributed by atoms with Crippen molar-refractivity contribution < 1.29 is 9.90 Å². The van der Waals surface area contributed by atoms with Gasteiger partial charge in [0.2, 0.25) is 0 Å². The highest BCUT2D eigenvalue weighted by atomic mass is 16.4. The van der Waals surface area contributed by atoms with E-state index in [9.17, 15) is 9.90 Å². The zero-order chi connectivity index (χ0) is 18.0. The average Bonchev–Trinajstić information content (AvgIpc) is 2.54. The van der Waals surface area contributed by atoms with Gasteiger partial charge in [-0.2, -0.15) is 0 Å². The zero-order valence-electron chi connectivity index (χ0n) is 15.7. The summed E-state index contributed by atoms with van der Waals surface area (Å²) in [7, 11) is 0. The number of aromatic nitrogens is 1. The van der Waals surface area contributed by atoms with Gasteiger partial charge >= 0.3 is 6.09 Å². The fourth-order valence-electron chi connectivity index (χ4n) is 4.52. The summed E-state index contributed by atoms with van der Waals surface area (Å²) in [4.78, 5) is 19.9. The normalized spacial score (nSPS) is 19.9. The number of anilines is 1. The summed E-state index contributed by atoms with van der Waals surface area (Å²) in [5.74, 6) is 1.74. The molecule has 5 nitrogen and oxygen atoms in total. The third kappa shape index (κ3) is 3.91. The van der Waals surface area contributed by atoms with Gasteiger partial charge in [0.25, 0.3) is 0 Å². The van der Waals surface area contributed by atoms with Crippen molar-refractivity contribution in [2.75, 3.05) is 24.5 Å². The molecule has 0 bridgehead atoms. The minimum absolute atomic E-state index is 0.225. The van der Waals surface area contributed by atoms with Crippen molar-refractivity contribution in [2.45, 2.75) is 58.9 Å². The van der Waals surface area contributed by atoms with E-state index in [-0.39, 0.29) is 6.04 Å². The van der Waals surface area contributed by atoms with Gasteiger partial charge in [0, 0.05) is 31.9 Å². The van der Waals surface area contributed by atoms with Crippen molar-refractivity contribution in [3.8, 4) is 0 Å². The van der Waals surface area contributed by atoms with E-state index in [0.29, 0.717) is 17.9 Å². The zero-order valence-corrected chi connectivity index (χ0v) is 15.7. The number of hydrogen-bond donors (Lipinski definition) is 1. The van der Waals surface area contributed by atoms with Crippen molar-refractivity contribution in [1.29, 1.82) is 0 Å². The van der Waals surface area contributed by atoms with Gasteiger partial charge < -0.3 is 14.9 Å². The quantitative estimate of drug-likeness (QED) is 0.875. The molecule has 1 aliphatic heterocycles. The molecular formula is C20H31N3O2. The predicted octanol–water partition coefficient (Wildman–Crippen LogP) is 4.03. The van der Waals surface area contributed by atoms with Crippen LogP contribution in [-0.2, 0) is 6.42 Å². The molecule has 1 amide bonds. The Morgan fingerprint density at radius 3 is 2.52 bits per heavy atom. The number of amides is 1. The standard InChI is InChI=1S/C20H31N3O2/c1-4-23(19(24)25)17-12-20(13-17)7-9-22(10-8-20)18-6-5-16(14-21-18)11-15(2)3/h5-6,14-15,17H,4,7-13H2,1-3H3,(H,24,25). The highest BCUT2D eigenvalue weighted by Crippen LogP contribution is 2.51. The molecule has 0 atom stereocenters. The maximum atomic E-state index is 11.3. The minimum atomic E-state index is -0.773. The molecule has 1 spiro atoms. The van der Waals surface area contributed by atoms with Crippen molar-refractivity contribution in [2.24, 2.45) is 11.3 Å². The Labute approximate surface area is 151 Å². The maximum absolute atomic E-state index is 11.3. The maximum Gasteiger partial charge on any atom is 0.407 e. The molecular weight excluding hydrogens is 314 g/mol. The van der Waals surface area contributed by atoms with Gasteiger partial charge in [0.15, 0.2) is 0 Å². The second-order valence-corrected chi connectivity index (χ2v) is 8.24. The molecule has 5 heteroatoms. The number of hydrogen-bond acceptors (Lipinski definition) is 3. The molecule has 2 aliphatic rings. The third-order valence-corrected chi connectivity index (χ3v) is 5.97. The van der Waals surface area contributed by atoms with Crippen LogP contribution in [0.3, 0.4) is 0 Å². The lowest BCUT2D eigenvalue weighted by atomic mass is 9.60. The van der Waals surface area contributed by atoms with Crippen LogP contribution >= 0.6 is 0 Å². The highest BCUT2D eigenvalue weighted by Gasteiger charge is 2.48. The Morgan fingerprint density at radius 2 is 2.04 bits per heavy atom. The highest BCUT2D eigenvalue weighted by molar-refractivity contribution is 5.65. The SMILES string of the molecule is CCN(C(=O)O)C1CC2(CCN(c3ccc(CC(C)C)cn3)CC2)C1. The summed E-state index contributed by atoms with van der Waals surface area (Å²) < 4.78 is 0. The number of piperidine rings is 1. The third-order valence-electron chi connectivity index (χ3n) is 5.97. The van der Waals surface area contributed by atoms with Crippen LogP contribution in [0.4, 0.5) is 10.6 Å². The van der Waals surface area contributed by atoms with Crippen LogP contribution in [-0.4, -0.2) is 46.8 Å². The number of nitrogens with zero attached hydrogens (tertiary/aromatic N) is 3. The number of rotatable bonds is 5. The van der Waals surface area contributed by atoms with Crippen LogP contribution in [0.25, 0.3) is 0 Å². The molecule has 2 fully saturated rings. The summed E-state index contributed by atoms with van der Waals surface area (Å²) in [6.07, 6.45) is 6.68. The van der Waals surface area contributed by atoms with Crippen LogP contribution < -0.4 is 4.90 Å². The fraction of sp³-hybridized carbons (Fsp3) is 0.700. The van der Waals surface area contributed by atoms with Crippen LogP contribution in [0.1, 0.15) is 52.0 Å². The first-order chi connectivity index (χ1) is 11.9. The topological polar surface area (TPSA) is 56.7 Å². The van der Waals surface area contributed by atoms with Gasteiger partial charge in [-0.25, -0.2) is 9.78 Å². The van der Waals surface area contributed by atoms with E-state index in [1.165, 1.54) is 5.56 Å². The Hall–Kier alpha value is -1.78. The Kier molecular flexibility index (Phi) is 5.21. The Bertz CT molecular complexity index is 583. The molecule has 1 aromatic rings. The first-order valence-corrected chi connectivity index (χ1v) is 9.62. The first kappa shape index (κ1) is 18.0. The van der Waals surface area contributed by atoms with E-state index in [2.05, 4.69) is 35.9 Å². The minimum Gasteiger partial charge on any atom is -0.465 e. The Morgan fingerprint density at radius 1 is 1.36 bits per heavy atom. The van der Waals surface area contributed by atoms with E-state index in [1.54, 1.807) is 4.90 Å². The van der Waals surface area contributed by atoms with Gasteiger partial charge in [0.1, 0.15) is 5.82 Å². The number of pyridine rings is 1. The smallest absolute Gasteiger partial charge is 0.407 e. The number of carbonyl (C=O) groups is 1. The van der Waals surface area contributed by atoms with Gasteiger partial charge in [-0.3, -0.25) is 0 Å². The van der Waals surface area contributed by atoms with E-state index in [1.807, 2.05) is 13.1 Å². The van der Waals surface area contributed by atoms with E-state index in [0.717, 1.165) is 51.0 Å². The van der Waals surface area contributed by atoms with Gasteiger partial charge in [0.05, 0.1) is 0 Å². The second-order valence-electron chi connectivity index (χ2n) is 8.24. The molecule has 2 heterocycles. The largest absolute Gasteiger partial charge is 0.465 e. The summed E-state index contributed by atoms with van der Waals surface area (Å²) in [6.45, 7) is 9.04. The average molecular weight is 345 g/mol. The van der Waals surface area contributed by atoms with Gasteiger partial charge in [-0.1, -0.05) is 19.9 Å². The predicted molar refractivity (Wildman–Crippen MR) is 100 cm³/mol. The summed E-state index contributed by atoms with van der Waals surface area (Å²) in [6, 6.07) is 4.59. The molecule has 1 aliphatic carbocycles. The van der Waals surface area contributed by atoms with Crippen LogP contribution in [0.5, 0.6) is 0 Å². The van der Waals surface area contributed by atoms with Crippen molar-refractivity contribution in [3.05, 3.63) is 23.9 Å². The molecule has 1 saturated carbocycles. The monoisotopic (exact) mass is 345 g/mol. The summed E-state index contributed by atoms with van der Waals surface area (Å²) in [5, 5.41) is 9.27. The first-order valence-electron chi connectivity index (χ1n) is 9.62. The van der Waals surface area contributed by atoms with E-state index < -0.39 is 6.09 Å². The lowest BCUT2D eigenvalue weighted by Crippen LogP contribution is -2.56. The molecule has 3 rings (SSSR count). The van der Waals surface area contributed by atoms with Crippen molar-refractivity contribution in [1.82, 2.24) is 9.88 Å². The van der Waals surface area contributed by atoms with Gasteiger partial charge in [-0.15, -0.1) is 0 Å². The molecule has 0 unspecified atom stereocenters. The van der Waals surface area contributed by atoms with Crippen molar-refractivity contribution >= 4 is 11.9 Å². The van der Waals surface area contributed by atoms with E-state index >= 15 is 0 Å². The molecule has 1 aromatic heterocycles. The summed E-state index contributed by atoms with van der Waals surface area (Å²) >= 11 is 0. The number of carboxylic acid groups (broad SMARTS) is 1. The van der Waals surface area contributed by atoms with Crippen molar-refractivity contribution in [3.63, 3.8) is 0 Å². The molecule has 25 heavy (non-hydrogen) atoms. The fourth-order valence-corrected chi connectivity index (χ4v) is 4.52. The van der Waals surface area contributed by atoms with Crippen LogP contribution in [0.2, 0.25) is 0 Å². The molecule has 1 saturated heterocycles. The van der Waals surface area contributed by atoms with E-state index in [4.69, 9.17) is 0 Å². The summed E-state index contributed by atoms with van der Waals surface area (Å²) in [5.41, 5.74) is 1.67. The molecule has 0 aromatic carbocycles. The van der Waals surface area contributed by atoms with Gasteiger partial charge in [-0.05, 0) is 62.0 Å². The second kappa shape index (κ2) is 7.22. The lowest BCUT2D eigenvalue weighted by Gasteiger charge is -2.54.